The number of ether oxygens (including phenoxy) is 4. The molecule has 11 heteroatoms. The first-order valence-corrected chi connectivity index (χ1v) is 10.2. The Morgan fingerprint density at radius 1 is 1.33 bits per heavy atom. The van der Waals surface area contributed by atoms with Gasteiger partial charge in [0.15, 0.2) is 0 Å². The van der Waals surface area contributed by atoms with E-state index in [1.165, 1.54) is 6.07 Å². The van der Waals surface area contributed by atoms with Crippen molar-refractivity contribution in [1.82, 2.24) is 14.9 Å². The number of nitrogens with zero attached hydrogens (tertiary/aromatic N) is 3. The van der Waals surface area contributed by atoms with E-state index in [4.69, 9.17) is 18.9 Å². The lowest BCUT2D eigenvalue weighted by Crippen LogP contribution is -2.33. The Labute approximate surface area is 178 Å². The molecule has 0 unspecified atom stereocenters. The summed E-state index contributed by atoms with van der Waals surface area (Å²) in [5.41, 5.74) is 1.38. The van der Waals surface area contributed by atoms with Crippen molar-refractivity contribution in [3.63, 3.8) is 0 Å². The molecule has 2 aromatic heterocycles. The van der Waals surface area contributed by atoms with Gasteiger partial charge in [-0.25, -0.2) is 19.2 Å². The van der Waals surface area contributed by atoms with Crippen LogP contribution in [0.4, 0.5) is 14.9 Å². The quantitative estimate of drug-likeness (QED) is 0.493. The zero-order chi connectivity index (χ0) is 21.3. The molecule has 0 aromatic carbocycles. The van der Waals surface area contributed by atoms with E-state index in [0.29, 0.717) is 55.3 Å². The number of nitrogens with one attached hydrogen (secondary N) is 1. The number of hydrogen-bond donors (Lipinski definition) is 1. The van der Waals surface area contributed by atoms with Gasteiger partial charge in [0.25, 0.3) is 0 Å². The van der Waals surface area contributed by atoms with Gasteiger partial charge >= 0.3 is 6.09 Å². The summed E-state index contributed by atoms with van der Waals surface area (Å²) in [7, 11) is 1.54. The summed E-state index contributed by atoms with van der Waals surface area (Å²) >= 11 is 1.15. The zero-order valence-corrected chi connectivity index (χ0v) is 17.5. The van der Waals surface area contributed by atoms with Crippen molar-refractivity contribution in [2.45, 2.75) is 18.4 Å². The number of methoxy groups -OCH3 is 1. The van der Waals surface area contributed by atoms with Gasteiger partial charge in [0.2, 0.25) is 11.8 Å². The Morgan fingerprint density at radius 3 is 3.00 bits per heavy atom. The number of aromatic nitrogens is 2. The first-order chi connectivity index (χ1) is 14.6. The fourth-order valence-corrected chi connectivity index (χ4v) is 3.34. The van der Waals surface area contributed by atoms with Crippen LogP contribution in [-0.2, 0) is 16.0 Å². The average Bonchev–Trinajstić information content (AvgIpc) is 2.96. The lowest BCUT2D eigenvalue weighted by atomic mass is 10.2. The third kappa shape index (κ3) is 5.86. The third-order valence-corrected chi connectivity index (χ3v) is 4.85. The predicted octanol–water partition coefficient (Wildman–Crippen LogP) is 3.11. The van der Waals surface area contributed by atoms with Crippen molar-refractivity contribution in [3.8, 4) is 11.8 Å². The third-order valence-electron chi connectivity index (χ3n) is 4.00. The number of amides is 1. The normalized spacial score (nSPS) is 13.1. The van der Waals surface area contributed by atoms with Crippen molar-refractivity contribution in [2.75, 3.05) is 44.8 Å². The van der Waals surface area contributed by atoms with E-state index in [-0.39, 0.29) is 6.61 Å². The molecule has 1 amide bonds. The standard InChI is InChI=1S/C19H23FN4O5S/c1-3-27-18-16(9-14(20)10-21-18)30-23-15-8-13-12-24(19(25)29-7-6-26-2)4-5-28-17(13)22-11-15/h8-11,23H,3-7,12H2,1-2H3. The highest BCUT2D eigenvalue weighted by Crippen LogP contribution is 2.31. The number of hydrogen-bond acceptors (Lipinski definition) is 9. The van der Waals surface area contributed by atoms with Crippen LogP contribution in [0.25, 0.3) is 0 Å². The Kier molecular flexibility index (Phi) is 7.91. The van der Waals surface area contributed by atoms with Gasteiger partial charge < -0.3 is 28.6 Å². The molecular weight excluding hydrogens is 415 g/mol. The van der Waals surface area contributed by atoms with Gasteiger partial charge in [-0.3, -0.25) is 0 Å². The summed E-state index contributed by atoms with van der Waals surface area (Å²) in [6.45, 7) is 3.74. The van der Waals surface area contributed by atoms with Gasteiger partial charge in [0.1, 0.15) is 19.0 Å². The molecule has 3 heterocycles. The molecule has 0 saturated heterocycles. The van der Waals surface area contributed by atoms with Crippen LogP contribution in [0.15, 0.2) is 29.4 Å². The molecule has 9 nitrogen and oxygen atoms in total. The number of pyridine rings is 2. The van der Waals surface area contributed by atoms with Crippen molar-refractivity contribution in [2.24, 2.45) is 0 Å². The van der Waals surface area contributed by atoms with Crippen LogP contribution in [0.2, 0.25) is 0 Å². The molecule has 0 spiro atoms. The Bertz CT molecular complexity index is 873. The molecule has 0 aliphatic carbocycles. The highest BCUT2D eigenvalue weighted by atomic mass is 32.2. The molecule has 1 N–H and O–H groups in total. The predicted molar refractivity (Wildman–Crippen MR) is 108 cm³/mol. The summed E-state index contributed by atoms with van der Waals surface area (Å²) in [6.07, 6.45) is 2.27. The van der Waals surface area contributed by atoms with E-state index in [0.717, 1.165) is 23.7 Å². The van der Waals surface area contributed by atoms with Crippen LogP contribution in [0, 0.1) is 5.82 Å². The van der Waals surface area contributed by atoms with E-state index < -0.39 is 11.9 Å². The SMILES string of the molecule is CCOc1ncc(F)cc1SNc1cnc2c(c1)CN(C(=O)OCCOC)CCO2. The minimum atomic E-state index is -0.459. The topological polar surface area (TPSA) is 95.0 Å². The highest BCUT2D eigenvalue weighted by molar-refractivity contribution is 8.00. The molecule has 0 radical (unpaired) electrons. The number of anilines is 1. The lowest BCUT2D eigenvalue weighted by molar-refractivity contribution is 0.0687. The maximum atomic E-state index is 13.6. The summed E-state index contributed by atoms with van der Waals surface area (Å²) in [6, 6.07) is 3.16. The zero-order valence-electron chi connectivity index (χ0n) is 16.7. The van der Waals surface area contributed by atoms with Gasteiger partial charge in [-0.15, -0.1) is 0 Å². The average molecular weight is 438 g/mol. The number of fused-ring (bicyclic) bond motifs is 1. The minimum absolute atomic E-state index is 0.180. The molecule has 1 aliphatic rings. The van der Waals surface area contributed by atoms with E-state index in [1.54, 1.807) is 18.2 Å². The Morgan fingerprint density at radius 2 is 2.20 bits per heavy atom. The van der Waals surface area contributed by atoms with Crippen molar-refractivity contribution in [1.29, 1.82) is 0 Å². The Hall–Kier alpha value is -2.79. The van der Waals surface area contributed by atoms with Crippen LogP contribution in [0.3, 0.4) is 0 Å². The molecule has 1 aliphatic heterocycles. The number of carbonyl (C=O) groups is 1. The number of rotatable bonds is 8. The van der Waals surface area contributed by atoms with E-state index in [2.05, 4.69) is 14.7 Å². The van der Waals surface area contributed by atoms with Crippen LogP contribution in [-0.4, -0.2) is 61.0 Å². The number of carbonyl (C=O) groups excluding carboxylic acids is 1. The smallest absolute Gasteiger partial charge is 0.410 e. The fraction of sp³-hybridized carbons (Fsp3) is 0.421. The maximum Gasteiger partial charge on any atom is 0.410 e. The van der Waals surface area contributed by atoms with Crippen LogP contribution in [0.1, 0.15) is 12.5 Å². The van der Waals surface area contributed by atoms with Crippen molar-refractivity contribution < 1.29 is 28.1 Å². The number of halogens is 1. The molecule has 0 bridgehead atoms. The maximum absolute atomic E-state index is 13.6. The Balaban J connectivity index is 1.68. The van der Waals surface area contributed by atoms with Crippen molar-refractivity contribution >= 4 is 23.7 Å². The lowest BCUT2D eigenvalue weighted by Gasteiger charge is -2.19. The van der Waals surface area contributed by atoms with Gasteiger partial charge in [0, 0.05) is 12.7 Å². The first kappa shape index (κ1) is 21.9. The van der Waals surface area contributed by atoms with Crippen LogP contribution in [0.5, 0.6) is 11.8 Å². The van der Waals surface area contributed by atoms with Crippen LogP contribution >= 0.6 is 11.9 Å². The summed E-state index contributed by atoms with van der Waals surface area (Å²) < 4.78 is 37.8. The second-order valence-corrected chi connectivity index (χ2v) is 7.01. The van der Waals surface area contributed by atoms with Crippen LogP contribution < -0.4 is 14.2 Å². The largest absolute Gasteiger partial charge is 0.477 e. The summed E-state index contributed by atoms with van der Waals surface area (Å²) in [4.78, 5) is 22.6. The molecular formula is C19H23FN4O5S. The summed E-state index contributed by atoms with van der Waals surface area (Å²) in [5, 5.41) is 0. The van der Waals surface area contributed by atoms with Gasteiger partial charge in [-0.05, 0) is 31.0 Å². The fourth-order valence-electron chi connectivity index (χ4n) is 2.63. The molecule has 0 saturated carbocycles. The second kappa shape index (κ2) is 10.8. The molecule has 0 atom stereocenters. The molecule has 0 fully saturated rings. The molecule has 162 valence electrons. The van der Waals surface area contributed by atoms with E-state index >= 15 is 0 Å². The van der Waals surface area contributed by atoms with Gasteiger partial charge in [-0.1, -0.05) is 0 Å². The minimum Gasteiger partial charge on any atom is -0.477 e. The highest BCUT2D eigenvalue weighted by Gasteiger charge is 2.22. The molecule has 2 aromatic rings. The monoisotopic (exact) mass is 438 g/mol. The second-order valence-electron chi connectivity index (χ2n) is 6.16. The molecule has 30 heavy (non-hydrogen) atoms. The van der Waals surface area contributed by atoms with Crippen molar-refractivity contribution in [3.05, 3.63) is 35.9 Å². The van der Waals surface area contributed by atoms with Gasteiger partial charge in [0.05, 0.1) is 49.3 Å². The van der Waals surface area contributed by atoms with Gasteiger partial charge in [-0.2, -0.15) is 0 Å². The summed E-state index contributed by atoms with van der Waals surface area (Å²) in [5.74, 6) is 0.339. The van der Waals surface area contributed by atoms with E-state index in [1.807, 2.05) is 13.0 Å². The molecule has 3 rings (SSSR count). The van der Waals surface area contributed by atoms with E-state index in [9.17, 15) is 9.18 Å². The first-order valence-electron chi connectivity index (χ1n) is 9.34.